The van der Waals surface area contributed by atoms with E-state index < -0.39 is 12.3 Å². The zero-order chi connectivity index (χ0) is 17.4. The van der Waals surface area contributed by atoms with Gasteiger partial charge >= 0.3 is 0 Å². The van der Waals surface area contributed by atoms with Crippen molar-refractivity contribution < 1.29 is 14.2 Å². The van der Waals surface area contributed by atoms with Crippen LogP contribution in [0, 0.1) is 0 Å². The highest BCUT2D eigenvalue weighted by atomic mass is 19.1. The van der Waals surface area contributed by atoms with Gasteiger partial charge in [0.15, 0.2) is 5.82 Å². The zero-order valence-electron chi connectivity index (χ0n) is 13.8. The molecule has 0 saturated carbocycles. The Morgan fingerprint density at radius 1 is 1.12 bits per heavy atom. The van der Waals surface area contributed by atoms with Crippen molar-refractivity contribution in [1.29, 1.82) is 0 Å². The number of anilines is 1. The number of halogens is 1. The molecule has 1 aliphatic rings. The van der Waals surface area contributed by atoms with Crippen LogP contribution >= 0.6 is 0 Å². The molecule has 1 aliphatic heterocycles. The number of fused-ring (bicyclic) bond motifs is 1. The normalized spacial score (nSPS) is 20.2. The summed E-state index contributed by atoms with van der Waals surface area (Å²) in [7, 11) is 1.61. The number of hydrogen-bond acceptors (Lipinski definition) is 5. The van der Waals surface area contributed by atoms with Gasteiger partial charge in [0, 0.05) is 17.5 Å². The zero-order valence-corrected chi connectivity index (χ0v) is 13.8. The Morgan fingerprint density at radius 3 is 2.72 bits per heavy atom. The van der Waals surface area contributed by atoms with Gasteiger partial charge in [-0.1, -0.05) is 24.3 Å². The number of alkyl halides is 1. The van der Waals surface area contributed by atoms with Crippen molar-refractivity contribution in [2.45, 2.75) is 12.3 Å². The molecule has 0 aliphatic carbocycles. The van der Waals surface area contributed by atoms with Crippen molar-refractivity contribution in [3.8, 4) is 17.1 Å². The topological polar surface area (TPSA) is 58.5 Å². The molecule has 5 nitrogen and oxygen atoms in total. The minimum absolute atomic E-state index is 0.125. The van der Waals surface area contributed by atoms with Gasteiger partial charge in [-0.2, -0.15) is 0 Å². The molecule has 2 heterocycles. The molecule has 1 N–H and O–H groups in total. The molecule has 0 spiro atoms. The molecule has 3 aromatic rings. The number of β-amino-alcohol motifs (C(OH)–C–C–N with tert-alkyl or cyclic N) is 1. The predicted octanol–water partition coefficient (Wildman–Crippen LogP) is 2.82. The van der Waals surface area contributed by atoms with Crippen molar-refractivity contribution in [3.63, 3.8) is 0 Å². The Bertz CT molecular complexity index is 908. The van der Waals surface area contributed by atoms with E-state index in [1.54, 1.807) is 12.0 Å². The predicted molar refractivity (Wildman–Crippen MR) is 94.6 cm³/mol. The van der Waals surface area contributed by atoms with E-state index in [0.717, 1.165) is 22.2 Å². The number of aliphatic hydroxyl groups excluding tert-OH is 1. The molecule has 1 saturated heterocycles. The Morgan fingerprint density at radius 2 is 1.96 bits per heavy atom. The molecular formula is C19H18FN3O2. The molecule has 6 heteroatoms. The van der Waals surface area contributed by atoms with Crippen LogP contribution in [0.2, 0.25) is 0 Å². The fourth-order valence-electron chi connectivity index (χ4n) is 3.11. The maximum atomic E-state index is 13.8. The van der Waals surface area contributed by atoms with Gasteiger partial charge in [-0.05, 0) is 24.3 Å². The highest BCUT2D eigenvalue weighted by molar-refractivity contribution is 5.91. The first kappa shape index (κ1) is 15.8. The summed E-state index contributed by atoms with van der Waals surface area (Å²) >= 11 is 0. The third-order valence-electron chi connectivity index (χ3n) is 4.43. The molecule has 2 atom stereocenters. The maximum Gasteiger partial charge on any atom is 0.162 e. The lowest BCUT2D eigenvalue weighted by Crippen LogP contribution is -2.23. The van der Waals surface area contributed by atoms with E-state index >= 15 is 0 Å². The smallest absolute Gasteiger partial charge is 0.162 e. The number of aliphatic hydroxyl groups is 1. The quantitative estimate of drug-likeness (QED) is 0.795. The van der Waals surface area contributed by atoms with Crippen LogP contribution in [-0.2, 0) is 0 Å². The van der Waals surface area contributed by atoms with E-state index in [2.05, 4.69) is 9.97 Å². The molecule has 0 unspecified atom stereocenters. The fraction of sp³-hybridized carbons (Fsp3) is 0.263. The highest BCUT2D eigenvalue weighted by Crippen LogP contribution is 2.31. The Balaban J connectivity index is 1.86. The summed E-state index contributed by atoms with van der Waals surface area (Å²) in [6.45, 7) is 0.347. The van der Waals surface area contributed by atoms with Crippen LogP contribution in [0.1, 0.15) is 0 Å². The summed E-state index contributed by atoms with van der Waals surface area (Å²) in [5.41, 5.74) is 1.60. The molecule has 1 aromatic heterocycles. The molecule has 128 valence electrons. The minimum atomic E-state index is -1.27. The SMILES string of the molecule is COc1cccc(-c2nc(N3C[C@@H](O)[C@H](F)C3)c3ccccc3n2)c1. The number of aromatic nitrogens is 2. The first-order valence-electron chi connectivity index (χ1n) is 8.14. The number of nitrogens with zero attached hydrogens (tertiary/aromatic N) is 3. The standard InChI is InChI=1S/C19H18FN3O2/c1-25-13-6-4-5-12(9-13)18-21-16-8-3-2-7-14(16)19(22-18)23-10-15(20)17(24)11-23/h2-9,15,17,24H,10-11H2,1H3/t15-,17-/m1/s1. The monoisotopic (exact) mass is 339 g/mol. The van der Waals surface area contributed by atoms with Crippen molar-refractivity contribution in [2.75, 3.05) is 25.1 Å². The van der Waals surface area contributed by atoms with Crippen molar-refractivity contribution in [1.82, 2.24) is 9.97 Å². The van der Waals surface area contributed by atoms with Gasteiger partial charge in [-0.3, -0.25) is 0 Å². The van der Waals surface area contributed by atoms with Crippen LogP contribution in [0.25, 0.3) is 22.3 Å². The highest BCUT2D eigenvalue weighted by Gasteiger charge is 2.33. The van der Waals surface area contributed by atoms with Gasteiger partial charge in [-0.15, -0.1) is 0 Å². The largest absolute Gasteiger partial charge is 0.497 e. The second-order valence-corrected chi connectivity index (χ2v) is 6.11. The molecule has 0 radical (unpaired) electrons. The van der Waals surface area contributed by atoms with Crippen LogP contribution in [0.3, 0.4) is 0 Å². The summed E-state index contributed by atoms with van der Waals surface area (Å²) < 4.78 is 19.1. The average Bonchev–Trinajstić information content (AvgIpc) is 2.99. The van der Waals surface area contributed by atoms with Crippen LogP contribution in [-0.4, -0.2) is 47.5 Å². The number of rotatable bonds is 3. The summed E-state index contributed by atoms with van der Waals surface area (Å²) in [6, 6.07) is 15.1. The lowest BCUT2D eigenvalue weighted by atomic mass is 10.1. The van der Waals surface area contributed by atoms with Crippen molar-refractivity contribution >= 4 is 16.7 Å². The van der Waals surface area contributed by atoms with Gasteiger partial charge in [0.05, 0.1) is 19.2 Å². The molecule has 0 amide bonds. The lowest BCUT2D eigenvalue weighted by molar-refractivity contribution is 0.118. The van der Waals surface area contributed by atoms with Gasteiger partial charge in [-0.25, -0.2) is 14.4 Å². The molecular weight excluding hydrogens is 321 g/mol. The number of benzene rings is 2. The summed E-state index contributed by atoms with van der Waals surface area (Å²) in [5.74, 6) is 1.91. The molecule has 1 fully saturated rings. The van der Waals surface area contributed by atoms with Crippen molar-refractivity contribution in [3.05, 3.63) is 48.5 Å². The Labute approximate surface area is 144 Å². The first-order valence-corrected chi connectivity index (χ1v) is 8.14. The van der Waals surface area contributed by atoms with E-state index in [1.807, 2.05) is 48.5 Å². The van der Waals surface area contributed by atoms with E-state index in [4.69, 9.17) is 4.74 Å². The summed E-state index contributed by atoms with van der Waals surface area (Å²) in [6.07, 6.45) is -2.26. The lowest BCUT2D eigenvalue weighted by Gasteiger charge is -2.19. The minimum Gasteiger partial charge on any atom is -0.497 e. The van der Waals surface area contributed by atoms with Gasteiger partial charge in [0.1, 0.15) is 23.8 Å². The van der Waals surface area contributed by atoms with E-state index in [-0.39, 0.29) is 13.1 Å². The second-order valence-electron chi connectivity index (χ2n) is 6.11. The maximum absolute atomic E-state index is 13.8. The van der Waals surface area contributed by atoms with Crippen LogP contribution in [0.4, 0.5) is 10.2 Å². The van der Waals surface area contributed by atoms with Gasteiger partial charge < -0.3 is 14.7 Å². The molecule has 0 bridgehead atoms. The van der Waals surface area contributed by atoms with Crippen molar-refractivity contribution in [2.24, 2.45) is 0 Å². The Hall–Kier alpha value is -2.73. The van der Waals surface area contributed by atoms with E-state index in [0.29, 0.717) is 11.6 Å². The summed E-state index contributed by atoms with van der Waals surface area (Å²) in [5, 5.41) is 10.6. The molecule has 2 aromatic carbocycles. The average molecular weight is 339 g/mol. The van der Waals surface area contributed by atoms with Gasteiger partial charge in [0.25, 0.3) is 0 Å². The number of para-hydroxylation sites is 1. The number of ether oxygens (including phenoxy) is 1. The Kier molecular flexibility index (Phi) is 3.97. The third-order valence-corrected chi connectivity index (χ3v) is 4.43. The fourth-order valence-corrected chi connectivity index (χ4v) is 3.11. The second kappa shape index (κ2) is 6.29. The van der Waals surface area contributed by atoms with Crippen LogP contribution in [0.15, 0.2) is 48.5 Å². The van der Waals surface area contributed by atoms with E-state index in [9.17, 15) is 9.50 Å². The number of methoxy groups -OCH3 is 1. The molecule has 25 heavy (non-hydrogen) atoms. The number of hydrogen-bond donors (Lipinski definition) is 1. The molecule has 4 rings (SSSR count). The summed E-state index contributed by atoms with van der Waals surface area (Å²) in [4.78, 5) is 11.1. The van der Waals surface area contributed by atoms with E-state index in [1.165, 1.54) is 0 Å². The van der Waals surface area contributed by atoms with Crippen LogP contribution < -0.4 is 9.64 Å². The first-order chi connectivity index (χ1) is 12.2. The van der Waals surface area contributed by atoms with Crippen LogP contribution in [0.5, 0.6) is 5.75 Å². The third kappa shape index (κ3) is 2.89. The van der Waals surface area contributed by atoms with Gasteiger partial charge in [0.2, 0.25) is 0 Å².